The lowest BCUT2D eigenvalue weighted by molar-refractivity contribution is -0.115. The first kappa shape index (κ1) is 14.1. The molecule has 2 aromatic heterocycles. The van der Waals surface area contributed by atoms with Crippen molar-refractivity contribution in [2.75, 3.05) is 5.32 Å². The summed E-state index contributed by atoms with van der Waals surface area (Å²) >= 11 is 1.28. The van der Waals surface area contributed by atoms with Gasteiger partial charge in [0.05, 0.1) is 11.5 Å². The Morgan fingerprint density at radius 3 is 2.96 bits per heavy atom. The highest BCUT2D eigenvalue weighted by Gasteiger charge is 2.26. The number of anilines is 1. The van der Waals surface area contributed by atoms with Crippen molar-refractivity contribution >= 4 is 23.4 Å². The topological polar surface area (TPSA) is 81.2 Å². The number of para-hydroxylation sites is 1. The third kappa shape index (κ3) is 2.87. The summed E-state index contributed by atoms with van der Waals surface area (Å²) in [5.74, 6) is 0.787. The summed E-state index contributed by atoms with van der Waals surface area (Å²) in [6, 6.07) is 11.3. The Kier molecular flexibility index (Phi) is 3.63. The van der Waals surface area contributed by atoms with Crippen LogP contribution in [0.4, 0.5) is 5.69 Å². The van der Waals surface area contributed by atoms with E-state index in [-0.39, 0.29) is 11.2 Å². The molecule has 3 heterocycles. The first-order valence-corrected chi connectivity index (χ1v) is 8.10. The molecule has 4 rings (SSSR count). The van der Waals surface area contributed by atoms with Crippen molar-refractivity contribution in [2.45, 2.75) is 23.3 Å². The number of amides is 1. The van der Waals surface area contributed by atoms with E-state index in [1.165, 1.54) is 11.8 Å². The van der Waals surface area contributed by atoms with Crippen molar-refractivity contribution in [1.29, 1.82) is 0 Å². The molecule has 1 N–H and O–H groups in total. The molecule has 1 aromatic carbocycles. The highest BCUT2D eigenvalue weighted by Crippen LogP contribution is 2.32. The van der Waals surface area contributed by atoms with Gasteiger partial charge in [-0.3, -0.25) is 4.79 Å². The Bertz CT molecular complexity index is 829. The highest BCUT2D eigenvalue weighted by molar-refractivity contribution is 8.00. The number of aryl methyl sites for hydroxylation is 1. The quantitative estimate of drug-likeness (QED) is 0.794. The minimum Gasteiger partial charge on any atom is -0.459 e. The Morgan fingerprint density at radius 1 is 1.17 bits per heavy atom. The van der Waals surface area contributed by atoms with Crippen LogP contribution in [0.5, 0.6) is 0 Å². The molecule has 0 fully saturated rings. The van der Waals surface area contributed by atoms with E-state index in [0.717, 1.165) is 17.7 Å². The Labute approximate surface area is 136 Å². The minimum atomic E-state index is -0.271. The van der Waals surface area contributed by atoms with E-state index in [1.54, 1.807) is 18.4 Å². The second kappa shape index (κ2) is 5.92. The van der Waals surface area contributed by atoms with Gasteiger partial charge in [0, 0.05) is 5.69 Å². The number of hydrogen-bond donors (Lipinski definition) is 1. The number of nitrogens with one attached hydrogen (secondary N) is 1. The van der Waals surface area contributed by atoms with Gasteiger partial charge in [-0.05, 0) is 36.6 Å². The van der Waals surface area contributed by atoms with E-state index in [9.17, 15) is 4.79 Å². The van der Waals surface area contributed by atoms with Crippen LogP contribution in [0.25, 0.3) is 11.7 Å². The summed E-state index contributed by atoms with van der Waals surface area (Å²) in [4.78, 5) is 12.4. The zero-order valence-corrected chi connectivity index (χ0v) is 12.9. The van der Waals surface area contributed by atoms with E-state index in [4.69, 9.17) is 8.83 Å². The number of fused-ring (bicyclic) bond motifs is 1. The lowest BCUT2D eigenvalue weighted by Gasteiger charge is -2.09. The summed E-state index contributed by atoms with van der Waals surface area (Å²) in [6.07, 6.45) is 3.08. The first-order valence-electron chi connectivity index (χ1n) is 7.22. The average Bonchev–Trinajstić information content (AvgIpc) is 3.21. The second-order valence-corrected chi connectivity index (χ2v) is 6.30. The monoisotopic (exact) mass is 327 g/mol. The molecule has 1 atom stereocenters. The van der Waals surface area contributed by atoms with Crippen molar-refractivity contribution < 1.29 is 13.6 Å². The minimum absolute atomic E-state index is 0.0438. The van der Waals surface area contributed by atoms with Crippen LogP contribution in [0.1, 0.15) is 12.0 Å². The first-order chi connectivity index (χ1) is 11.3. The van der Waals surface area contributed by atoms with E-state index in [1.807, 2.05) is 24.3 Å². The SMILES string of the molecule is O=C1Nc2ccccc2CC[C@@H]1Sc1nnc(-c2ccco2)o1. The predicted octanol–water partition coefficient (Wildman–Crippen LogP) is 3.38. The van der Waals surface area contributed by atoms with Gasteiger partial charge >= 0.3 is 0 Å². The number of hydrogen-bond acceptors (Lipinski definition) is 6. The number of nitrogens with zero attached hydrogens (tertiary/aromatic N) is 2. The van der Waals surface area contributed by atoms with Crippen LogP contribution in [-0.2, 0) is 11.2 Å². The van der Waals surface area contributed by atoms with Crippen LogP contribution in [0.2, 0.25) is 0 Å². The molecule has 0 radical (unpaired) electrons. The van der Waals surface area contributed by atoms with E-state index in [2.05, 4.69) is 15.5 Å². The van der Waals surface area contributed by atoms with Gasteiger partial charge in [0.15, 0.2) is 5.76 Å². The van der Waals surface area contributed by atoms with Crippen molar-refractivity contribution in [1.82, 2.24) is 10.2 Å². The molecule has 0 aliphatic carbocycles. The normalized spacial score (nSPS) is 17.4. The molecule has 3 aromatic rings. The number of carbonyl (C=O) groups excluding carboxylic acids is 1. The average molecular weight is 327 g/mol. The number of furan rings is 1. The van der Waals surface area contributed by atoms with Gasteiger partial charge in [-0.2, -0.15) is 0 Å². The molecule has 23 heavy (non-hydrogen) atoms. The predicted molar refractivity (Wildman–Crippen MR) is 85.0 cm³/mol. The summed E-state index contributed by atoms with van der Waals surface area (Å²) < 4.78 is 10.8. The molecule has 0 saturated carbocycles. The van der Waals surface area contributed by atoms with Gasteiger partial charge in [0.1, 0.15) is 0 Å². The molecule has 1 aliphatic rings. The maximum absolute atomic E-state index is 12.4. The zero-order chi connectivity index (χ0) is 15.6. The molecule has 0 bridgehead atoms. The number of carbonyl (C=O) groups is 1. The van der Waals surface area contributed by atoms with E-state index in [0.29, 0.717) is 23.3 Å². The van der Waals surface area contributed by atoms with Crippen LogP contribution in [0, 0.1) is 0 Å². The maximum atomic E-state index is 12.4. The fourth-order valence-electron chi connectivity index (χ4n) is 2.48. The van der Waals surface area contributed by atoms with Gasteiger partial charge in [-0.1, -0.05) is 30.0 Å². The fourth-order valence-corrected chi connectivity index (χ4v) is 3.34. The number of aromatic nitrogens is 2. The molecule has 6 nitrogen and oxygen atoms in total. The van der Waals surface area contributed by atoms with Crippen LogP contribution < -0.4 is 5.32 Å². The van der Waals surface area contributed by atoms with Gasteiger partial charge in [-0.15, -0.1) is 10.2 Å². The lowest BCUT2D eigenvalue weighted by atomic mass is 10.1. The number of rotatable bonds is 3. The van der Waals surface area contributed by atoms with Crippen LogP contribution in [0.3, 0.4) is 0 Å². The summed E-state index contributed by atoms with van der Waals surface area (Å²) in [6.45, 7) is 0. The highest BCUT2D eigenvalue weighted by atomic mass is 32.2. The van der Waals surface area contributed by atoms with Crippen molar-refractivity contribution in [2.24, 2.45) is 0 Å². The third-order valence-corrected chi connectivity index (χ3v) is 4.73. The van der Waals surface area contributed by atoms with Crippen molar-refractivity contribution in [3.05, 3.63) is 48.2 Å². The summed E-state index contributed by atoms with van der Waals surface area (Å²) in [7, 11) is 0. The molecule has 0 saturated heterocycles. The maximum Gasteiger partial charge on any atom is 0.284 e. The molecule has 7 heteroatoms. The molecule has 0 unspecified atom stereocenters. The molecular weight excluding hydrogens is 314 g/mol. The Morgan fingerprint density at radius 2 is 2.09 bits per heavy atom. The van der Waals surface area contributed by atoms with Crippen molar-refractivity contribution in [3.8, 4) is 11.7 Å². The Balaban J connectivity index is 1.50. The fraction of sp³-hybridized carbons (Fsp3) is 0.188. The second-order valence-electron chi connectivity index (χ2n) is 5.14. The van der Waals surface area contributed by atoms with E-state index < -0.39 is 0 Å². The smallest absolute Gasteiger partial charge is 0.284 e. The van der Waals surface area contributed by atoms with Gasteiger partial charge in [-0.25, -0.2) is 0 Å². The number of benzene rings is 1. The third-order valence-electron chi connectivity index (χ3n) is 3.63. The molecular formula is C16H13N3O3S. The molecule has 1 aliphatic heterocycles. The molecule has 1 amide bonds. The van der Waals surface area contributed by atoms with Gasteiger partial charge in [0.2, 0.25) is 5.91 Å². The standard InChI is InChI=1S/C16H13N3O3S/c20-14-13(8-7-10-4-1-2-5-11(10)17-14)23-16-19-18-15(22-16)12-6-3-9-21-12/h1-6,9,13H,7-8H2,(H,17,20)/t13-/m0/s1. The van der Waals surface area contributed by atoms with Crippen molar-refractivity contribution in [3.63, 3.8) is 0 Å². The summed E-state index contributed by atoms with van der Waals surface area (Å²) in [5, 5.41) is 11.0. The molecule has 116 valence electrons. The lowest BCUT2D eigenvalue weighted by Crippen LogP contribution is -2.23. The molecule has 0 spiro atoms. The van der Waals surface area contributed by atoms with Gasteiger partial charge in [0.25, 0.3) is 11.1 Å². The Hall–Kier alpha value is -2.54. The van der Waals surface area contributed by atoms with Gasteiger partial charge < -0.3 is 14.2 Å². The van der Waals surface area contributed by atoms with Crippen LogP contribution in [0.15, 0.2) is 56.7 Å². The number of thioether (sulfide) groups is 1. The summed E-state index contributed by atoms with van der Waals surface area (Å²) in [5.41, 5.74) is 2.02. The van der Waals surface area contributed by atoms with E-state index >= 15 is 0 Å². The largest absolute Gasteiger partial charge is 0.459 e. The zero-order valence-electron chi connectivity index (χ0n) is 12.1. The van der Waals surface area contributed by atoms with Crippen LogP contribution in [-0.4, -0.2) is 21.4 Å². The van der Waals surface area contributed by atoms with Crippen LogP contribution >= 0.6 is 11.8 Å².